The molecule has 0 spiro atoms. The quantitative estimate of drug-likeness (QED) is 0.442. The third-order valence-corrected chi connectivity index (χ3v) is 4.59. The number of hydrogen-bond acceptors (Lipinski definition) is 6. The molecule has 0 amide bonds. The predicted molar refractivity (Wildman–Crippen MR) is 105 cm³/mol. The second kappa shape index (κ2) is 5.98. The Morgan fingerprint density at radius 3 is 2.85 bits per heavy atom. The number of nitrogen functional groups attached to an aromatic ring is 1. The van der Waals surface area contributed by atoms with Crippen molar-refractivity contribution in [3.8, 4) is 22.8 Å². The van der Waals surface area contributed by atoms with E-state index in [2.05, 4.69) is 32.4 Å². The van der Waals surface area contributed by atoms with Gasteiger partial charge < -0.3 is 15.8 Å². The monoisotopic (exact) mass is 358 g/mol. The molecule has 5 rings (SSSR count). The number of ether oxygens (including phenoxy) is 1. The zero-order valence-electron chi connectivity index (χ0n) is 14.8. The highest BCUT2D eigenvalue weighted by molar-refractivity contribution is 6.00. The Bertz CT molecular complexity index is 1170. The summed E-state index contributed by atoms with van der Waals surface area (Å²) < 4.78 is 6.21. The van der Waals surface area contributed by atoms with Gasteiger partial charge in [-0.05, 0) is 36.8 Å². The smallest absolute Gasteiger partial charge is 0.220 e. The highest BCUT2D eigenvalue weighted by Gasteiger charge is 2.20. The average molecular weight is 358 g/mol. The summed E-state index contributed by atoms with van der Waals surface area (Å²) in [4.78, 5) is 8.74. The lowest BCUT2D eigenvalue weighted by atomic mass is 10.1. The van der Waals surface area contributed by atoms with Crippen molar-refractivity contribution in [1.29, 1.82) is 0 Å². The van der Waals surface area contributed by atoms with E-state index in [-0.39, 0.29) is 5.95 Å². The van der Waals surface area contributed by atoms with Crippen LogP contribution in [0, 0.1) is 0 Å². The average Bonchev–Trinajstić information content (AvgIpc) is 2.98. The zero-order chi connectivity index (χ0) is 18.4. The number of aryl methyl sites for hydroxylation is 1. The zero-order valence-corrected chi connectivity index (χ0v) is 14.8. The van der Waals surface area contributed by atoms with Crippen LogP contribution in [0.4, 0.5) is 17.5 Å². The van der Waals surface area contributed by atoms with Gasteiger partial charge in [-0.3, -0.25) is 5.10 Å². The largest absolute Gasteiger partial charge is 0.454 e. The molecule has 0 bridgehead atoms. The normalized spacial score (nSPS) is 12.2. The first-order valence-corrected chi connectivity index (χ1v) is 8.91. The number of nitrogens with two attached hydrogens (primary N) is 1. The summed E-state index contributed by atoms with van der Waals surface area (Å²) in [5.41, 5.74) is 10.3. The SMILES string of the molecule is CCCc1cc(-c2cc3c4c(n[nH]c4c2)Nc2ccccc2O3)nc(N)n1. The molecule has 2 aromatic carbocycles. The van der Waals surface area contributed by atoms with Gasteiger partial charge in [-0.2, -0.15) is 5.10 Å². The van der Waals surface area contributed by atoms with Gasteiger partial charge in [-0.15, -0.1) is 0 Å². The summed E-state index contributed by atoms with van der Waals surface area (Å²) in [5, 5.41) is 11.7. The number of nitrogens with one attached hydrogen (secondary N) is 2. The van der Waals surface area contributed by atoms with Crippen molar-refractivity contribution in [1.82, 2.24) is 20.2 Å². The van der Waals surface area contributed by atoms with Gasteiger partial charge in [-0.1, -0.05) is 25.5 Å². The summed E-state index contributed by atoms with van der Waals surface area (Å²) >= 11 is 0. The van der Waals surface area contributed by atoms with E-state index >= 15 is 0 Å². The molecule has 7 nitrogen and oxygen atoms in total. The lowest BCUT2D eigenvalue weighted by Crippen LogP contribution is -2.01. The molecular formula is C20H18N6O. The molecule has 3 heterocycles. The molecule has 0 saturated carbocycles. The highest BCUT2D eigenvalue weighted by Crippen LogP contribution is 2.43. The van der Waals surface area contributed by atoms with Crippen LogP contribution in [-0.2, 0) is 6.42 Å². The number of aromatic nitrogens is 4. The van der Waals surface area contributed by atoms with E-state index in [9.17, 15) is 0 Å². The minimum atomic E-state index is 0.278. The van der Waals surface area contributed by atoms with Gasteiger partial charge in [0.15, 0.2) is 11.6 Å². The van der Waals surface area contributed by atoms with Crippen molar-refractivity contribution in [2.75, 3.05) is 11.1 Å². The molecule has 0 saturated heterocycles. The van der Waals surface area contributed by atoms with Crippen LogP contribution in [0.2, 0.25) is 0 Å². The Labute approximate surface area is 155 Å². The highest BCUT2D eigenvalue weighted by atomic mass is 16.5. The van der Waals surface area contributed by atoms with Gasteiger partial charge in [-0.25, -0.2) is 9.97 Å². The van der Waals surface area contributed by atoms with Gasteiger partial charge in [0.2, 0.25) is 5.95 Å². The number of benzene rings is 2. The maximum absolute atomic E-state index is 6.21. The maximum atomic E-state index is 6.21. The van der Waals surface area contributed by atoms with E-state index < -0.39 is 0 Å². The number of H-pyrrole nitrogens is 1. The van der Waals surface area contributed by atoms with Gasteiger partial charge in [0.1, 0.15) is 5.75 Å². The summed E-state index contributed by atoms with van der Waals surface area (Å²) in [6, 6.07) is 13.8. The lowest BCUT2D eigenvalue weighted by molar-refractivity contribution is 0.492. The van der Waals surface area contributed by atoms with E-state index in [1.54, 1.807) is 0 Å². The van der Waals surface area contributed by atoms with Crippen LogP contribution < -0.4 is 15.8 Å². The molecule has 2 aromatic heterocycles. The van der Waals surface area contributed by atoms with Crippen LogP contribution in [0.5, 0.6) is 11.5 Å². The lowest BCUT2D eigenvalue weighted by Gasteiger charge is -2.10. The number of anilines is 3. The van der Waals surface area contributed by atoms with Crippen LogP contribution in [0.25, 0.3) is 22.2 Å². The summed E-state index contributed by atoms with van der Waals surface area (Å²) in [5.74, 6) is 2.49. The first kappa shape index (κ1) is 15.6. The van der Waals surface area contributed by atoms with Gasteiger partial charge >= 0.3 is 0 Å². The number of fused-ring (bicyclic) bond motifs is 1. The van der Waals surface area contributed by atoms with Crippen LogP contribution in [0.3, 0.4) is 0 Å². The maximum Gasteiger partial charge on any atom is 0.220 e. The Morgan fingerprint density at radius 2 is 1.96 bits per heavy atom. The molecule has 134 valence electrons. The Hall–Kier alpha value is -3.61. The van der Waals surface area contributed by atoms with E-state index in [1.807, 2.05) is 42.5 Å². The molecular weight excluding hydrogens is 340 g/mol. The van der Waals surface area contributed by atoms with Crippen molar-refractivity contribution in [2.24, 2.45) is 0 Å². The standard InChI is InChI=1S/C20H18N6O/c1-2-5-12-10-14(24-20(21)22-12)11-8-15-18-17(9-11)27-16-7-4-3-6-13(16)23-19(18)26-25-15/h3-4,6-10H,2,5H2,1H3,(H2,21,22,24)(H2,23,25,26). The fourth-order valence-corrected chi connectivity index (χ4v) is 3.39. The number of rotatable bonds is 3. The van der Waals surface area contributed by atoms with Crippen molar-refractivity contribution >= 4 is 28.4 Å². The van der Waals surface area contributed by atoms with Crippen molar-refractivity contribution < 1.29 is 4.74 Å². The van der Waals surface area contributed by atoms with Crippen LogP contribution in [-0.4, -0.2) is 20.2 Å². The minimum Gasteiger partial charge on any atom is -0.454 e. The third kappa shape index (κ3) is 2.64. The fourth-order valence-electron chi connectivity index (χ4n) is 3.39. The number of nitrogens with zero attached hydrogens (tertiary/aromatic N) is 3. The Morgan fingerprint density at radius 1 is 1.07 bits per heavy atom. The first-order chi connectivity index (χ1) is 13.2. The van der Waals surface area contributed by atoms with Crippen molar-refractivity contribution in [3.63, 3.8) is 0 Å². The van der Waals surface area contributed by atoms with Crippen molar-refractivity contribution in [3.05, 3.63) is 48.2 Å². The second-order valence-electron chi connectivity index (χ2n) is 6.55. The summed E-state index contributed by atoms with van der Waals surface area (Å²) in [6.07, 6.45) is 1.85. The third-order valence-electron chi connectivity index (χ3n) is 4.59. The Kier molecular flexibility index (Phi) is 3.46. The van der Waals surface area contributed by atoms with Crippen LogP contribution in [0.1, 0.15) is 19.0 Å². The summed E-state index contributed by atoms with van der Waals surface area (Å²) in [7, 11) is 0. The number of hydrogen-bond donors (Lipinski definition) is 3. The number of para-hydroxylation sites is 2. The topological polar surface area (TPSA) is 102 Å². The van der Waals surface area contributed by atoms with E-state index in [0.29, 0.717) is 0 Å². The van der Waals surface area contributed by atoms with Crippen molar-refractivity contribution in [2.45, 2.75) is 19.8 Å². The molecule has 4 N–H and O–H groups in total. The number of aromatic amines is 1. The Balaban J connectivity index is 1.69. The predicted octanol–water partition coefficient (Wildman–Crippen LogP) is 4.40. The molecule has 1 aliphatic heterocycles. The molecule has 0 radical (unpaired) electrons. The molecule has 0 unspecified atom stereocenters. The first-order valence-electron chi connectivity index (χ1n) is 8.91. The van der Waals surface area contributed by atoms with Crippen LogP contribution in [0.15, 0.2) is 42.5 Å². The van der Waals surface area contributed by atoms with Gasteiger partial charge in [0.05, 0.1) is 22.3 Å². The van der Waals surface area contributed by atoms with E-state index in [0.717, 1.165) is 63.7 Å². The molecule has 1 aliphatic rings. The molecule has 0 aliphatic carbocycles. The molecule has 7 heteroatoms. The second-order valence-corrected chi connectivity index (χ2v) is 6.55. The van der Waals surface area contributed by atoms with E-state index in [4.69, 9.17) is 10.5 Å². The molecule has 0 atom stereocenters. The van der Waals surface area contributed by atoms with Gasteiger partial charge in [0, 0.05) is 11.3 Å². The minimum absolute atomic E-state index is 0.278. The molecule has 0 fully saturated rings. The summed E-state index contributed by atoms with van der Waals surface area (Å²) in [6.45, 7) is 2.11. The molecule has 4 aromatic rings. The van der Waals surface area contributed by atoms with E-state index in [1.165, 1.54) is 0 Å². The fraction of sp³-hybridized carbons (Fsp3) is 0.150. The van der Waals surface area contributed by atoms with Crippen LogP contribution >= 0.6 is 0 Å². The molecule has 27 heavy (non-hydrogen) atoms. The van der Waals surface area contributed by atoms with Gasteiger partial charge in [0.25, 0.3) is 0 Å².